The molecule has 0 spiro atoms. The first-order chi connectivity index (χ1) is 13.6. The molecule has 0 unspecified atom stereocenters. The third-order valence-electron chi connectivity index (χ3n) is 4.79. The van der Waals surface area contributed by atoms with Gasteiger partial charge in [0.05, 0.1) is 0 Å². The summed E-state index contributed by atoms with van der Waals surface area (Å²) >= 11 is 2.74. The van der Waals surface area contributed by atoms with E-state index in [1.54, 1.807) is 0 Å². The molecule has 28 heavy (non-hydrogen) atoms. The van der Waals surface area contributed by atoms with Gasteiger partial charge in [0.15, 0.2) is 0 Å². The molecule has 0 aliphatic rings. The zero-order valence-electron chi connectivity index (χ0n) is 16.3. The summed E-state index contributed by atoms with van der Waals surface area (Å²) in [6, 6.07) is 32.5. The van der Waals surface area contributed by atoms with Crippen LogP contribution in [0.15, 0.2) is 115 Å². The first kappa shape index (κ1) is 20.8. The average Bonchev–Trinajstić information content (AvgIpc) is 2.76. The van der Waals surface area contributed by atoms with Gasteiger partial charge in [0.25, 0.3) is 0 Å². The van der Waals surface area contributed by atoms with Gasteiger partial charge in [-0.05, 0) is 0 Å². The molecule has 144 valence electrons. The summed E-state index contributed by atoms with van der Waals surface area (Å²) in [5, 5.41) is 3.94. The molecule has 0 aliphatic carbocycles. The Morgan fingerprint density at radius 1 is 0.786 bits per heavy atom. The fraction of sp³-hybridized carbons (Fsp3) is 0.120. The number of benzene rings is 3. The molecule has 0 amide bonds. The summed E-state index contributed by atoms with van der Waals surface area (Å²) < 4.78 is 3.12. The van der Waals surface area contributed by atoms with E-state index in [1.165, 1.54) is 15.9 Å². The Labute approximate surface area is 181 Å². The second-order valence-corrected chi connectivity index (χ2v) is 16.5. The first-order valence-electron chi connectivity index (χ1n) is 9.52. The fourth-order valence-electron chi connectivity index (χ4n) is 3.53. The van der Waals surface area contributed by atoms with Crippen molar-refractivity contribution in [2.75, 3.05) is 6.61 Å². The SMILES string of the molecule is CC=CC(=CP(I)(c1ccccc1)(c1ccccc1)c1ccccc1)OCC. The molecule has 0 atom stereocenters. The molecule has 0 N–H and O–H groups in total. The number of ether oxygens (including phenoxy) is 1. The molecular weight excluding hydrogens is 474 g/mol. The van der Waals surface area contributed by atoms with Gasteiger partial charge in [-0.25, -0.2) is 0 Å². The van der Waals surface area contributed by atoms with E-state index < -0.39 is 4.25 Å². The Morgan fingerprint density at radius 2 is 1.18 bits per heavy atom. The number of hydrogen-bond acceptors (Lipinski definition) is 1. The molecular formula is C25H26IOP. The van der Waals surface area contributed by atoms with E-state index in [0.717, 1.165) is 5.76 Å². The number of halogens is 1. The standard InChI is InChI=1S/C25H26IOP/c1-3-14-22(27-4-2)21-28(26,23-15-8-5-9-16-23,24-17-10-6-11-18-24)25-19-12-7-13-20-25/h3,5-21H,4H2,1-2H3. The fourth-order valence-corrected chi connectivity index (χ4v) is 11.5. The van der Waals surface area contributed by atoms with E-state index in [2.05, 4.69) is 125 Å². The molecule has 0 saturated carbocycles. The van der Waals surface area contributed by atoms with Crippen LogP contribution in [0.4, 0.5) is 0 Å². The van der Waals surface area contributed by atoms with Gasteiger partial charge >= 0.3 is 182 Å². The quantitative estimate of drug-likeness (QED) is 0.160. The molecule has 0 heterocycles. The molecule has 0 fully saturated rings. The van der Waals surface area contributed by atoms with Crippen LogP contribution in [0.1, 0.15) is 13.8 Å². The van der Waals surface area contributed by atoms with Gasteiger partial charge in [-0.15, -0.1) is 0 Å². The molecule has 0 bridgehead atoms. The van der Waals surface area contributed by atoms with Crippen molar-refractivity contribution in [3.63, 3.8) is 0 Å². The third kappa shape index (κ3) is 3.81. The van der Waals surface area contributed by atoms with Gasteiger partial charge in [0.1, 0.15) is 0 Å². The molecule has 3 aromatic rings. The molecule has 3 rings (SSSR count). The molecule has 0 radical (unpaired) electrons. The van der Waals surface area contributed by atoms with Crippen molar-refractivity contribution >= 4 is 42.2 Å². The van der Waals surface area contributed by atoms with E-state index in [0.29, 0.717) is 6.61 Å². The van der Waals surface area contributed by atoms with Gasteiger partial charge in [0.2, 0.25) is 0 Å². The van der Waals surface area contributed by atoms with E-state index in [4.69, 9.17) is 4.74 Å². The Balaban J connectivity index is 2.49. The molecule has 0 saturated heterocycles. The van der Waals surface area contributed by atoms with Crippen molar-refractivity contribution in [2.24, 2.45) is 0 Å². The topological polar surface area (TPSA) is 9.23 Å². The summed E-state index contributed by atoms with van der Waals surface area (Å²) in [4.78, 5) is 0. The van der Waals surface area contributed by atoms with Crippen molar-refractivity contribution in [2.45, 2.75) is 13.8 Å². The maximum absolute atomic E-state index is 6.07. The zero-order valence-corrected chi connectivity index (χ0v) is 19.4. The molecule has 1 nitrogen and oxygen atoms in total. The van der Waals surface area contributed by atoms with E-state index in [1.807, 2.05) is 19.9 Å². The van der Waals surface area contributed by atoms with Gasteiger partial charge in [-0.2, -0.15) is 0 Å². The molecule has 0 aliphatic heterocycles. The normalized spacial score (nSPS) is 13.8. The van der Waals surface area contributed by atoms with Crippen molar-refractivity contribution < 1.29 is 4.74 Å². The minimum atomic E-state index is -2.95. The van der Waals surface area contributed by atoms with Gasteiger partial charge in [0, 0.05) is 0 Å². The predicted molar refractivity (Wildman–Crippen MR) is 134 cm³/mol. The van der Waals surface area contributed by atoms with Crippen molar-refractivity contribution in [1.82, 2.24) is 0 Å². The maximum atomic E-state index is 6.07. The van der Waals surface area contributed by atoms with Crippen LogP contribution in [0.25, 0.3) is 0 Å². The minimum absolute atomic E-state index is 0.637. The number of allylic oxidation sites excluding steroid dienone is 2. The Kier molecular flexibility index (Phi) is 6.74. The van der Waals surface area contributed by atoms with Gasteiger partial charge < -0.3 is 0 Å². The number of hydrogen-bond donors (Lipinski definition) is 0. The predicted octanol–water partition coefficient (Wildman–Crippen LogP) is 6.32. The summed E-state index contributed by atoms with van der Waals surface area (Å²) in [7, 11) is 0. The van der Waals surface area contributed by atoms with E-state index in [9.17, 15) is 0 Å². The Bertz CT molecular complexity index is 850. The van der Waals surface area contributed by atoms with Gasteiger partial charge in [-0.3, -0.25) is 0 Å². The van der Waals surface area contributed by atoms with E-state index in [-0.39, 0.29) is 0 Å². The van der Waals surface area contributed by atoms with Crippen LogP contribution in [0.2, 0.25) is 0 Å². The Morgan fingerprint density at radius 3 is 1.50 bits per heavy atom. The first-order valence-corrected chi connectivity index (χ1v) is 14.6. The van der Waals surface area contributed by atoms with Gasteiger partial charge in [-0.1, -0.05) is 0 Å². The van der Waals surface area contributed by atoms with Crippen LogP contribution in [0.5, 0.6) is 0 Å². The van der Waals surface area contributed by atoms with Crippen molar-refractivity contribution in [3.05, 3.63) is 115 Å². The summed E-state index contributed by atoms with van der Waals surface area (Å²) in [6.07, 6.45) is 4.11. The van der Waals surface area contributed by atoms with Crippen LogP contribution in [0.3, 0.4) is 0 Å². The summed E-state index contributed by atoms with van der Waals surface area (Å²) in [6.45, 7) is 4.70. The summed E-state index contributed by atoms with van der Waals surface area (Å²) in [5.41, 5.74) is 0. The number of rotatable bonds is 7. The van der Waals surface area contributed by atoms with Crippen LogP contribution in [-0.2, 0) is 4.74 Å². The summed E-state index contributed by atoms with van der Waals surface area (Å²) in [5.74, 6) is 3.30. The molecule has 0 aromatic heterocycles. The third-order valence-corrected chi connectivity index (χ3v) is 15.3. The monoisotopic (exact) mass is 500 g/mol. The second-order valence-electron chi connectivity index (χ2n) is 6.54. The van der Waals surface area contributed by atoms with Crippen LogP contribution in [0, 0.1) is 0 Å². The van der Waals surface area contributed by atoms with Crippen molar-refractivity contribution in [1.29, 1.82) is 0 Å². The van der Waals surface area contributed by atoms with Crippen LogP contribution in [-0.4, -0.2) is 6.61 Å². The van der Waals surface area contributed by atoms with E-state index >= 15 is 0 Å². The van der Waals surface area contributed by atoms with Crippen LogP contribution < -0.4 is 15.9 Å². The molecule has 3 aromatic carbocycles. The Hall–Kier alpha value is -1.90. The molecule has 3 heteroatoms. The average molecular weight is 500 g/mol. The zero-order chi connectivity index (χ0) is 19.9. The van der Waals surface area contributed by atoms with Crippen LogP contribution >= 0.6 is 26.3 Å². The second kappa shape index (κ2) is 9.07. The van der Waals surface area contributed by atoms with Crippen molar-refractivity contribution in [3.8, 4) is 0 Å².